The fourth-order valence-corrected chi connectivity index (χ4v) is 4.14. The van der Waals surface area contributed by atoms with E-state index in [2.05, 4.69) is 31.4 Å². The average molecular weight is 518 g/mol. The molecule has 0 fully saturated rings. The molecule has 0 aliphatic carbocycles. The van der Waals surface area contributed by atoms with Crippen molar-refractivity contribution in [1.82, 2.24) is 15.5 Å². The minimum Gasteiger partial charge on any atom is -0.444 e. The molecule has 0 radical (unpaired) electrons. The van der Waals surface area contributed by atoms with Gasteiger partial charge in [-0.25, -0.2) is 4.79 Å². The van der Waals surface area contributed by atoms with Gasteiger partial charge in [0, 0.05) is 12.6 Å². The Balaban J connectivity index is 3.43. The van der Waals surface area contributed by atoms with Gasteiger partial charge in [0.25, 0.3) is 0 Å². The number of amides is 3. The van der Waals surface area contributed by atoms with Crippen LogP contribution in [-0.2, 0) is 14.3 Å². The first-order valence-electron chi connectivity index (χ1n) is 13.8. The van der Waals surface area contributed by atoms with Crippen LogP contribution in [0.2, 0.25) is 0 Å². The number of ether oxygens (including phenoxy) is 1. The molecule has 3 amide bonds. The van der Waals surface area contributed by atoms with Gasteiger partial charge in [-0.2, -0.15) is 0 Å². The van der Waals surface area contributed by atoms with Crippen LogP contribution < -0.4 is 10.6 Å². The molecule has 0 aromatic heterocycles. The van der Waals surface area contributed by atoms with E-state index in [1.54, 1.807) is 32.6 Å². The van der Waals surface area contributed by atoms with Crippen LogP contribution in [0, 0.1) is 19.8 Å². The molecule has 0 bridgehead atoms. The molecular formula is C30H51N3O4. The maximum absolute atomic E-state index is 14.0. The van der Waals surface area contributed by atoms with Gasteiger partial charge in [-0.05, 0) is 90.3 Å². The molecule has 0 aliphatic rings. The van der Waals surface area contributed by atoms with Gasteiger partial charge < -0.3 is 20.3 Å². The monoisotopic (exact) mass is 517 g/mol. The highest BCUT2D eigenvalue weighted by Crippen LogP contribution is 2.29. The molecule has 1 aromatic carbocycles. The van der Waals surface area contributed by atoms with Crippen molar-refractivity contribution >= 4 is 17.9 Å². The number of aryl methyl sites for hydroxylation is 2. The fraction of sp³-hybridized carbons (Fsp3) is 0.700. The fourth-order valence-electron chi connectivity index (χ4n) is 4.14. The van der Waals surface area contributed by atoms with Crippen LogP contribution in [0.3, 0.4) is 0 Å². The van der Waals surface area contributed by atoms with E-state index in [1.807, 2.05) is 39.0 Å². The van der Waals surface area contributed by atoms with Gasteiger partial charge in [-0.15, -0.1) is 0 Å². The van der Waals surface area contributed by atoms with Crippen molar-refractivity contribution in [1.29, 1.82) is 0 Å². The van der Waals surface area contributed by atoms with Crippen LogP contribution in [-0.4, -0.2) is 47.0 Å². The molecule has 1 aromatic rings. The van der Waals surface area contributed by atoms with Crippen molar-refractivity contribution in [2.24, 2.45) is 5.92 Å². The molecule has 7 heteroatoms. The molecule has 0 spiro atoms. The smallest absolute Gasteiger partial charge is 0.408 e. The summed E-state index contributed by atoms with van der Waals surface area (Å²) < 4.78 is 5.38. The Bertz CT molecular complexity index is 891. The van der Waals surface area contributed by atoms with E-state index < -0.39 is 23.8 Å². The van der Waals surface area contributed by atoms with Gasteiger partial charge in [0.05, 0.1) is 0 Å². The highest BCUT2D eigenvalue weighted by atomic mass is 16.6. The molecule has 37 heavy (non-hydrogen) atoms. The lowest BCUT2D eigenvalue weighted by Crippen LogP contribution is -2.54. The lowest BCUT2D eigenvalue weighted by molar-refractivity contribution is -0.144. The van der Waals surface area contributed by atoms with E-state index in [4.69, 9.17) is 4.74 Å². The van der Waals surface area contributed by atoms with Crippen LogP contribution in [0.15, 0.2) is 18.2 Å². The molecular weight excluding hydrogens is 466 g/mol. The summed E-state index contributed by atoms with van der Waals surface area (Å²) >= 11 is 0. The summed E-state index contributed by atoms with van der Waals surface area (Å²) in [6.45, 7) is 20.0. The predicted octanol–water partition coefficient (Wildman–Crippen LogP) is 6.22. The SMILES string of the molecule is CCCCCNC(=O)C(c1ccc(C)c(C)c1)N(C(=O)C(C)NC(=O)OC(C)(C)C)C(C)CCC(C)C. The molecule has 7 nitrogen and oxygen atoms in total. The van der Waals surface area contributed by atoms with Crippen molar-refractivity contribution in [3.63, 3.8) is 0 Å². The van der Waals surface area contributed by atoms with Crippen molar-refractivity contribution in [2.75, 3.05) is 6.54 Å². The summed E-state index contributed by atoms with van der Waals surface area (Å²) in [6.07, 6.45) is 3.97. The first-order valence-corrected chi connectivity index (χ1v) is 13.8. The Morgan fingerprint density at radius 2 is 1.62 bits per heavy atom. The Labute approximate surface area is 225 Å². The number of alkyl carbamates (subject to hydrolysis) is 1. The number of nitrogens with zero attached hydrogens (tertiary/aromatic N) is 1. The van der Waals surface area contributed by atoms with Crippen molar-refractivity contribution in [3.8, 4) is 0 Å². The Hall–Kier alpha value is -2.57. The lowest BCUT2D eigenvalue weighted by Gasteiger charge is -2.38. The third kappa shape index (κ3) is 11.1. The van der Waals surface area contributed by atoms with Gasteiger partial charge in [0.2, 0.25) is 11.8 Å². The zero-order valence-electron chi connectivity index (χ0n) is 24.9. The summed E-state index contributed by atoms with van der Waals surface area (Å²) in [5.74, 6) is -0.0534. The van der Waals surface area contributed by atoms with E-state index in [1.165, 1.54) is 0 Å². The van der Waals surface area contributed by atoms with Gasteiger partial charge in [0.15, 0.2) is 0 Å². The summed E-state index contributed by atoms with van der Waals surface area (Å²) in [7, 11) is 0. The van der Waals surface area contributed by atoms with Gasteiger partial charge in [-0.3, -0.25) is 9.59 Å². The highest BCUT2D eigenvalue weighted by molar-refractivity contribution is 5.92. The standard InChI is InChI=1S/C30H51N3O4/c1-11-12-13-18-31-27(34)26(25-17-15-21(4)22(5)19-25)33(23(6)16-14-20(2)3)28(35)24(7)32-29(36)37-30(8,9)10/h15,17,19-20,23-24,26H,11-14,16,18H2,1-10H3,(H,31,34)(H,32,36). The topological polar surface area (TPSA) is 87.7 Å². The third-order valence-electron chi connectivity index (χ3n) is 6.45. The summed E-state index contributed by atoms with van der Waals surface area (Å²) in [5, 5.41) is 5.75. The van der Waals surface area contributed by atoms with Crippen LogP contribution in [0.1, 0.15) is 110 Å². The quantitative estimate of drug-likeness (QED) is 0.304. The largest absolute Gasteiger partial charge is 0.444 e. The first kappa shape index (κ1) is 32.5. The summed E-state index contributed by atoms with van der Waals surface area (Å²) in [6, 6.07) is 4.03. The zero-order valence-corrected chi connectivity index (χ0v) is 24.9. The molecule has 0 heterocycles. The number of carbonyl (C=O) groups excluding carboxylic acids is 3. The molecule has 2 N–H and O–H groups in total. The number of nitrogens with one attached hydrogen (secondary N) is 2. The molecule has 3 atom stereocenters. The van der Waals surface area contributed by atoms with Crippen LogP contribution >= 0.6 is 0 Å². The summed E-state index contributed by atoms with van der Waals surface area (Å²) in [4.78, 5) is 41.8. The second-order valence-corrected chi connectivity index (χ2v) is 11.7. The number of hydrogen-bond acceptors (Lipinski definition) is 4. The maximum atomic E-state index is 14.0. The Morgan fingerprint density at radius 1 is 0.973 bits per heavy atom. The average Bonchev–Trinajstić information content (AvgIpc) is 2.78. The van der Waals surface area contributed by atoms with Crippen molar-refractivity contribution < 1.29 is 19.1 Å². The molecule has 0 aliphatic heterocycles. The third-order valence-corrected chi connectivity index (χ3v) is 6.45. The molecule has 0 saturated carbocycles. The van der Waals surface area contributed by atoms with Gasteiger partial charge in [-0.1, -0.05) is 51.8 Å². The van der Waals surface area contributed by atoms with Crippen LogP contribution in [0.25, 0.3) is 0 Å². The number of rotatable bonds is 13. The van der Waals surface area contributed by atoms with Crippen LogP contribution in [0.5, 0.6) is 0 Å². The van der Waals surface area contributed by atoms with E-state index >= 15 is 0 Å². The second-order valence-electron chi connectivity index (χ2n) is 11.7. The number of hydrogen-bond donors (Lipinski definition) is 2. The molecule has 0 saturated heterocycles. The zero-order chi connectivity index (χ0) is 28.3. The predicted molar refractivity (Wildman–Crippen MR) is 150 cm³/mol. The first-order chi connectivity index (χ1) is 17.2. The number of benzene rings is 1. The van der Waals surface area contributed by atoms with E-state index in [-0.39, 0.29) is 17.9 Å². The minimum absolute atomic E-state index is 0.200. The van der Waals surface area contributed by atoms with Crippen LogP contribution in [0.4, 0.5) is 4.79 Å². The minimum atomic E-state index is -0.863. The molecule has 1 rings (SSSR count). The normalized spacial score (nSPS) is 14.0. The van der Waals surface area contributed by atoms with Gasteiger partial charge in [0.1, 0.15) is 17.7 Å². The van der Waals surface area contributed by atoms with E-state index in [9.17, 15) is 14.4 Å². The highest BCUT2D eigenvalue weighted by Gasteiger charge is 2.37. The maximum Gasteiger partial charge on any atom is 0.408 e. The van der Waals surface area contributed by atoms with E-state index in [0.29, 0.717) is 12.5 Å². The lowest BCUT2D eigenvalue weighted by atomic mass is 9.95. The number of carbonyl (C=O) groups is 3. The Morgan fingerprint density at radius 3 is 2.16 bits per heavy atom. The van der Waals surface area contributed by atoms with E-state index in [0.717, 1.165) is 48.8 Å². The molecule has 3 unspecified atom stereocenters. The van der Waals surface area contributed by atoms with Crippen molar-refractivity contribution in [2.45, 2.75) is 125 Å². The second kappa shape index (κ2) is 15.0. The Kier molecular flexibility index (Phi) is 13.2. The summed E-state index contributed by atoms with van der Waals surface area (Å²) in [5.41, 5.74) is 2.27. The van der Waals surface area contributed by atoms with Gasteiger partial charge >= 0.3 is 6.09 Å². The number of unbranched alkanes of at least 4 members (excludes halogenated alkanes) is 2. The van der Waals surface area contributed by atoms with Crippen molar-refractivity contribution in [3.05, 3.63) is 34.9 Å². The molecule has 210 valence electrons.